The van der Waals surface area contributed by atoms with Crippen LogP contribution in [0.4, 0.5) is 0 Å². The number of aromatic nitrogens is 4. The van der Waals surface area contributed by atoms with Gasteiger partial charge in [-0.2, -0.15) is 18.3 Å². The van der Waals surface area contributed by atoms with Crippen LogP contribution in [0.15, 0.2) is 145 Å². The number of rotatable bonds is 7. The highest BCUT2D eigenvalue weighted by atomic mass is 15.0. The first-order chi connectivity index (χ1) is 61.2. The van der Waals surface area contributed by atoms with E-state index < -0.39 is 0 Å². The standard InChI is InChI=1S/C32H40N.C31H38N.2C29H36N/c1-20-16-29-23-6-8-24(9-7-23)30(29)19-28(20)31-27-11-10-25(18-26(27)17-21(2)33(31)5)22-12-14-32(3,4)15-13-22;1-19-14-28-23-6-7-24(17-23)29(28)18-27(19)30-26-9-8-22(16-25(26)15-20(2)32(30)5)21-10-12-31(3,4)13-11-21;1-18-9-8-10-23-25(18)27-26-22(15-19(2)30(27)7)16-21(17-24(26)29(23,5)6)20-11-13-28(3,4)14-12-20;1-19-15-22-7-6-8-23(22)18-27(19)28-26-10-9-24(17-25(26)16-20(2)30(28)5)21-11-13-29(3,4)14-12-21/h10-11,16-19,22-24H,6-9,12-15H2,1-5H3;8-9,14-16,18,21,23-24H,6-7,10-13,17H2,1-5H3;8-10,15-17,20H,11-14H2,1-7H3;9-10,15-18,21H,6-8,11-14H2,1-5H3/q4*+1/i17D;2*15D;16D. The van der Waals surface area contributed by atoms with E-state index >= 15 is 0 Å². The van der Waals surface area contributed by atoms with Gasteiger partial charge in [0.05, 0.1) is 49.3 Å². The zero-order valence-electron chi connectivity index (χ0n) is 84.8. The van der Waals surface area contributed by atoms with Crippen molar-refractivity contribution in [2.45, 2.75) is 344 Å². The predicted octanol–water partition coefficient (Wildman–Crippen LogP) is 30.8. The van der Waals surface area contributed by atoms with Crippen molar-refractivity contribution in [3.05, 3.63) is 257 Å². The van der Waals surface area contributed by atoms with E-state index in [1.807, 2.05) is 0 Å². The van der Waals surface area contributed by atoms with Gasteiger partial charge in [-0.3, -0.25) is 0 Å². The Bertz CT molecular complexity index is 6530. The van der Waals surface area contributed by atoms with Crippen LogP contribution in [0.2, 0.25) is 0 Å². The quantitative estimate of drug-likeness (QED) is 0.141. The Morgan fingerprint density at radius 1 is 0.296 bits per heavy atom. The number of fused-ring (bicyclic) bond motifs is 13. The minimum Gasteiger partial charge on any atom is -0.198 e. The van der Waals surface area contributed by atoms with Crippen LogP contribution in [-0.2, 0) is 46.4 Å². The van der Waals surface area contributed by atoms with Gasteiger partial charge < -0.3 is 0 Å². The number of hydrogen-bond acceptors (Lipinski definition) is 0. The van der Waals surface area contributed by atoms with Gasteiger partial charge in [0.1, 0.15) is 28.2 Å². The van der Waals surface area contributed by atoms with Crippen LogP contribution in [0.3, 0.4) is 0 Å². The van der Waals surface area contributed by atoms with Gasteiger partial charge >= 0.3 is 0 Å². The first-order valence-electron chi connectivity index (χ1n) is 51.5. The summed E-state index contributed by atoms with van der Waals surface area (Å²) in [6.45, 7) is 41.5. The third-order valence-corrected chi connectivity index (χ3v) is 35.0. The second-order valence-electron chi connectivity index (χ2n) is 45.9. The number of aryl methyl sites for hydroxylation is 6. The molecular weight excluding hydrogens is 1510 g/mol. The molecule has 11 aliphatic carbocycles. The summed E-state index contributed by atoms with van der Waals surface area (Å²) in [7, 11) is 8.58. The molecule has 23 rings (SSSR count). The van der Waals surface area contributed by atoms with Crippen LogP contribution in [0.5, 0.6) is 0 Å². The molecule has 4 heteroatoms. The van der Waals surface area contributed by atoms with Crippen LogP contribution >= 0.6 is 0 Å². The Kier molecular flexibility index (Phi) is 21.1. The van der Waals surface area contributed by atoms with Crippen LogP contribution in [0.1, 0.15) is 388 Å². The molecule has 125 heavy (non-hydrogen) atoms. The molecule has 2 unspecified atom stereocenters. The van der Waals surface area contributed by atoms with Gasteiger partial charge in [0.15, 0.2) is 22.8 Å². The SMILES string of the molecule is [2H]c1c(C)[n+](C)c(-c2cc3c(cc2C)C2CCC3C2)c2ccc(C3CCC(C)(C)CC3)cc12.[2H]c1c(C)[n+](C)c(-c2cc3c(cc2C)C2CCC3CC2)c2ccc(C3CCC(C)(C)CC3)cc12.[2H]c1c(C)[n+](C)c(-c2cc3c(cc2C)CCC3)c2ccc(C3CCC(C)(C)CC3)cc12.[2H]c1c(C)[n+](C)c2c3c(cc(C4CCC(C)(C)CC4)cc13)C(C)(C)c1cccc(C)c1-2. The highest BCUT2D eigenvalue weighted by Crippen LogP contribution is 2.57. The highest BCUT2D eigenvalue weighted by molar-refractivity contribution is 6.02. The summed E-state index contributed by atoms with van der Waals surface area (Å²) in [5.74, 6) is 5.60. The molecule has 11 aliphatic rings. The maximum Gasteiger partial charge on any atom is 0.221 e. The monoisotopic (exact) mass is 1660 g/mol. The summed E-state index contributed by atoms with van der Waals surface area (Å²) in [4.78, 5) is 0. The molecule has 8 aromatic carbocycles. The zero-order chi connectivity index (χ0) is 91.0. The first kappa shape index (κ1) is 80.9. The minimum atomic E-state index is -0.0781. The lowest BCUT2D eigenvalue weighted by Gasteiger charge is -2.38. The largest absolute Gasteiger partial charge is 0.221 e. The molecule has 0 radical (unpaired) electrons. The number of pyridine rings is 4. The lowest BCUT2D eigenvalue weighted by Crippen LogP contribution is -2.38. The fraction of sp³-hybridized carbons (Fsp3) is 0.504. The van der Waals surface area contributed by atoms with Gasteiger partial charge in [-0.15, -0.1) is 0 Å². The lowest BCUT2D eigenvalue weighted by atomic mass is 9.66. The fourth-order valence-corrected chi connectivity index (χ4v) is 26.2. The smallest absolute Gasteiger partial charge is 0.198 e. The van der Waals surface area contributed by atoms with Crippen molar-refractivity contribution in [2.75, 3.05) is 0 Å². The van der Waals surface area contributed by atoms with E-state index in [2.05, 4.69) is 292 Å². The van der Waals surface area contributed by atoms with E-state index in [1.54, 1.807) is 22.3 Å². The van der Waals surface area contributed by atoms with Crippen molar-refractivity contribution in [3.63, 3.8) is 0 Å². The Morgan fingerprint density at radius 3 is 1.04 bits per heavy atom. The second-order valence-corrected chi connectivity index (χ2v) is 45.9. The van der Waals surface area contributed by atoms with Crippen LogP contribution in [0.25, 0.3) is 88.1 Å². The molecule has 4 nitrogen and oxygen atoms in total. The lowest BCUT2D eigenvalue weighted by molar-refractivity contribution is -0.665. The molecule has 0 amide bonds. The highest BCUT2D eigenvalue weighted by Gasteiger charge is 2.43. The molecule has 4 bridgehead atoms. The maximum absolute atomic E-state index is 9.04. The van der Waals surface area contributed by atoms with E-state index in [1.165, 1.54) is 300 Å². The average molecular weight is 1660 g/mol. The van der Waals surface area contributed by atoms with Crippen molar-refractivity contribution in [1.29, 1.82) is 0 Å². The molecular formula is C121H150N4+4. The van der Waals surface area contributed by atoms with Crippen molar-refractivity contribution in [3.8, 4) is 45.0 Å². The molecule has 0 N–H and O–H groups in total. The van der Waals surface area contributed by atoms with Gasteiger partial charge in [-0.1, -0.05) is 154 Å². The Balaban J connectivity index is 0.000000112. The van der Waals surface area contributed by atoms with Crippen molar-refractivity contribution in [1.82, 2.24) is 0 Å². The first-order valence-corrected chi connectivity index (χ1v) is 49.5. The Morgan fingerprint density at radius 2 is 0.624 bits per heavy atom. The van der Waals surface area contributed by atoms with E-state index in [-0.39, 0.29) is 5.41 Å². The molecule has 4 heterocycles. The predicted molar refractivity (Wildman–Crippen MR) is 528 cm³/mol. The number of nitrogens with zero attached hydrogens (tertiary/aromatic N) is 4. The van der Waals surface area contributed by atoms with Crippen molar-refractivity contribution < 1.29 is 23.8 Å². The summed E-state index contributed by atoms with van der Waals surface area (Å²) >= 11 is 0. The normalized spacial score (nSPS) is 22.3. The molecule has 4 aromatic heterocycles. The van der Waals surface area contributed by atoms with Crippen molar-refractivity contribution in [2.24, 2.45) is 49.9 Å². The summed E-state index contributed by atoms with van der Waals surface area (Å²) in [6.07, 6.45) is 33.8. The molecule has 0 aliphatic heterocycles. The summed E-state index contributed by atoms with van der Waals surface area (Å²) < 4.78 is 45.0. The molecule has 0 saturated heterocycles. The molecule has 650 valence electrons. The summed E-state index contributed by atoms with van der Waals surface area (Å²) in [5.41, 5.74) is 40.2. The number of benzene rings is 8. The van der Waals surface area contributed by atoms with E-state index in [9.17, 15) is 0 Å². The van der Waals surface area contributed by atoms with E-state index in [0.29, 0.717) is 69.5 Å². The molecule has 6 fully saturated rings. The third kappa shape index (κ3) is 15.9. The van der Waals surface area contributed by atoms with Gasteiger partial charge in [0.2, 0.25) is 22.8 Å². The zero-order valence-corrected chi connectivity index (χ0v) is 80.8. The second kappa shape index (κ2) is 32.6. The van der Waals surface area contributed by atoms with Gasteiger partial charge in [0.25, 0.3) is 0 Å². The third-order valence-electron chi connectivity index (χ3n) is 35.0. The van der Waals surface area contributed by atoms with Crippen molar-refractivity contribution >= 4 is 43.1 Å². The van der Waals surface area contributed by atoms with E-state index in [4.69, 9.17) is 5.48 Å². The molecule has 12 aromatic rings. The number of hydrogen-bond donors (Lipinski definition) is 0. The van der Waals surface area contributed by atoms with Crippen LogP contribution < -0.4 is 18.3 Å². The average Bonchev–Trinajstić information content (AvgIpc) is 1.07. The summed E-state index contributed by atoms with van der Waals surface area (Å²) in [5, 5.41) is 9.51. The minimum absolute atomic E-state index is 0.0781. The Hall–Kier alpha value is -8.60. The maximum atomic E-state index is 9.04. The molecule has 6 saturated carbocycles. The molecule has 0 spiro atoms. The molecule has 2 atom stereocenters. The van der Waals surface area contributed by atoms with Gasteiger partial charge in [-0.05, 0) is 411 Å². The van der Waals surface area contributed by atoms with Crippen LogP contribution in [-0.4, -0.2) is 0 Å². The Labute approximate surface area is 758 Å². The van der Waals surface area contributed by atoms with Gasteiger partial charge in [-0.25, -0.2) is 0 Å². The topological polar surface area (TPSA) is 15.5 Å². The van der Waals surface area contributed by atoms with Crippen LogP contribution in [0, 0.1) is 77.0 Å². The van der Waals surface area contributed by atoms with E-state index in [0.717, 1.165) is 68.0 Å². The summed E-state index contributed by atoms with van der Waals surface area (Å²) in [6, 6.07) is 50.4. The fourth-order valence-electron chi connectivity index (χ4n) is 26.2. The van der Waals surface area contributed by atoms with Gasteiger partial charge in [0, 0.05) is 57.3 Å².